The van der Waals surface area contributed by atoms with E-state index in [1.807, 2.05) is 0 Å². The van der Waals surface area contributed by atoms with Gasteiger partial charge in [0, 0.05) is 24.5 Å². The minimum absolute atomic E-state index is 0.0350. The number of carbonyl (C=O) groups is 2. The maximum atomic E-state index is 11.3. The predicted octanol–water partition coefficient (Wildman–Crippen LogP) is 1.37. The summed E-state index contributed by atoms with van der Waals surface area (Å²) >= 11 is 1.30. The molecule has 0 aliphatic rings. The van der Waals surface area contributed by atoms with E-state index >= 15 is 0 Å². The van der Waals surface area contributed by atoms with Crippen LogP contribution in [0.25, 0.3) is 0 Å². The number of nitrogens with one attached hydrogen (secondary N) is 1. The standard InChI is InChI=1S/C8H10N2O3S/c11-6(7-9-4-5-14-7)2-1-3-10-8(12)13/h4-5,10H,1-3H2,(H,12,13). The Morgan fingerprint density at radius 3 is 2.93 bits per heavy atom. The summed E-state index contributed by atoms with van der Waals surface area (Å²) in [4.78, 5) is 25.3. The molecular weight excluding hydrogens is 204 g/mol. The molecule has 0 saturated carbocycles. The molecule has 0 radical (unpaired) electrons. The summed E-state index contributed by atoms with van der Waals surface area (Å²) in [6.45, 7) is 0.298. The van der Waals surface area contributed by atoms with E-state index in [4.69, 9.17) is 5.11 Å². The highest BCUT2D eigenvalue weighted by atomic mass is 32.1. The summed E-state index contributed by atoms with van der Waals surface area (Å²) in [5.74, 6) is -0.0350. The number of carbonyl (C=O) groups excluding carboxylic acids is 1. The number of rotatable bonds is 5. The molecule has 0 saturated heterocycles. The van der Waals surface area contributed by atoms with Crippen molar-refractivity contribution in [1.29, 1.82) is 0 Å². The van der Waals surface area contributed by atoms with Gasteiger partial charge in [-0.3, -0.25) is 4.79 Å². The average Bonchev–Trinajstić information content (AvgIpc) is 2.64. The number of nitrogens with zero attached hydrogens (tertiary/aromatic N) is 1. The Morgan fingerprint density at radius 2 is 2.36 bits per heavy atom. The van der Waals surface area contributed by atoms with Crippen LogP contribution in [-0.4, -0.2) is 28.5 Å². The molecule has 2 N–H and O–H groups in total. The van der Waals surface area contributed by atoms with Gasteiger partial charge in [-0.15, -0.1) is 11.3 Å². The zero-order valence-corrected chi connectivity index (χ0v) is 8.21. The Kier molecular flexibility index (Phi) is 4.06. The molecule has 0 spiro atoms. The van der Waals surface area contributed by atoms with Crippen LogP contribution in [-0.2, 0) is 0 Å². The number of Topliss-reactive ketones (excluding diaryl/α,β-unsaturated/α-hetero) is 1. The highest BCUT2D eigenvalue weighted by Gasteiger charge is 2.07. The molecule has 5 nitrogen and oxygen atoms in total. The number of carboxylic acid groups (broad SMARTS) is 1. The second-order valence-electron chi connectivity index (χ2n) is 2.60. The van der Waals surface area contributed by atoms with Gasteiger partial charge in [0.15, 0.2) is 10.8 Å². The molecular formula is C8H10N2O3S. The minimum Gasteiger partial charge on any atom is -0.465 e. The van der Waals surface area contributed by atoms with Crippen LogP contribution < -0.4 is 5.32 Å². The van der Waals surface area contributed by atoms with Crippen molar-refractivity contribution in [3.63, 3.8) is 0 Å². The number of hydrogen-bond donors (Lipinski definition) is 2. The second kappa shape index (κ2) is 5.33. The summed E-state index contributed by atoms with van der Waals surface area (Å²) in [5, 5.41) is 12.7. The van der Waals surface area contributed by atoms with Gasteiger partial charge >= 0.3 is 6.09 Å². The predicted molar refractivity (Wildman–Crippen MR) is 51.7 cm³/mol. The Morgan fingerprint density at radius 1 is 1.57 bits per heavy atom. The Hall–Kier alpha value is -1.43. The Labute approximate surface area is 84.8 Å². The number of ketones is 1. The lowest BCUT2D eigenvalue weighted by Crippen LogP contribution is -2.22. The van der Waals surface area contributed by atoms with Crippen LogP contribution in [0.3, 0.4) is 0 Å². The normalized spacial score (nSPS) is 9.71. The molecule has 14 heavy (non-hydrogen) atoms. The van der Waals surface area contributed by atoms with Gasteiger partial charge in [0.25, 0.3) is 0 Å². The van der Waals surface area contributed by atoms with E-state index in [0.717, 1.165) is 0 Å². The number of hydrogen-bond acceptors (Lipinski definition) is 4. The van der Waals surface area contributed by atoms with Gasteiger partial charge in [0.1, 0.15) is 0 Å². The molecule has 0 unspecified atom stereocenters. The smallest absolute Gasteiger partial charge is 0.404 e. The van der Waals surface area contributed by atoms with Gasteiger partial charge in [-0.05, 0) is 6.42 Å². The maximum absolute atomic E-state index is 11.3. The molecule has 1 amide bonds. The van der Waals surface area contributed by atoms with Crippen molar-refractivity contribution in [2.45, 2.75) is 12.8 Å². The zero-order chi connectivity index (χ0) is 10.4. The van der Waals surface area contributed by atoms with Crippen LogP contribution in [0.5, 0.6) is 0 Å². The number of thiazole rings is 1. The van der Waals surface area contributed by atoms with E-state index in [1.165, 1.54) is 11.3 Å². The fraction of sp³-hybridized carbons (Fsp3) is 0.375. The summed E-state index contributed by atoms with van der Waals surface area (Å²) in [6.07, 6.45) is 1.35. The molecule has 0 atom stereocenters. The first-order valence-corrected chi connectivity index (χ1v) is 4.97. The molecule has 1 aromatic heterocycles. The van der Waals surface area contributed by atoms with Crippen molar-refractivity contribution in [3.8, 4) is 0 Å². The van der Waals surface area contributed by atoms with E-state index in [1.54, 1.807) is 11.6 Å². The molecule has 1 rings (SSSR count). The van der Waals surface area contributed by atoms with Crippen LogP contribution in [0.1, 0.15) is 22.6 Å². The lowest BCUT2D eigenvalue weighted by molar-refractivity contribution is 0.0979. The van der Waals surface area contributed by atoms with Crippen molar-refractivity contribution in [2.75, 3.05) is 6.54 Å². The highest BCUT2D eigenvalue weighted by molar-refractivity contribution is 7.11. The van der Waals surface area contributed by atoms with Crippen LogP contribution in [0.15, 0.2) is 11.6 Å². The van der Waals surface area contributed by atoms with Gasteiger partial charge in [-0.2, -0.15) is 0 Å². The molecule has 0 fully saturated rings. The number of amides is 1. The van der Waals surface area contributed by atoms with E-state index in [0.29, 0.717) is 24.4 Å². The Balaban J connectivity index is 2.19. The third-order valence-corrected chi connectivity index (χ3v) is 2.34. The largest absolute Gasteiger partial charge is 0.465 e. The summed E-state index contributed by atoms with van der Waals surface area (Å²) in [7, 11) is 0. The summed E-state index contributed by atoms with van der Waals surface area (Å²) in [5.41, 5.74) is 0. The highest BCUT2D eigenvalue weighted by Crippen LogP contribution is 2.07. The summed E-state index contributed by atoms with van der Waals surface area (Å²) in [6, 6.07) is 0. The lowest BCUT2D eigenvalue weighted by atomic mass is 10.2. The lowest BCUT2D eigenvalue weighted by Gasteiger charge is -1.98. The molecule has 0 aromatic carbocycles. The second-order valence-corrected chi connectivity index (χ2v) is 3.49. The van der Waals surface area contributed by atoms with Crippen LogP contribution >= 0.6 is 11.3 Å². The fourth-order valence-electron chi connectivity index (χ4n) is 0.912. The van der Waals surface area contributed by atoms with Crippen molar-refractivity contribution in [1.82, 2.24) is 10.3 Å². The van der Waals surface area contributed by atoms with Gasteiger partial charge in [-0.25, -0.2) is 9.78 Å². The van der Waals surface area contributed by atoms with Crippen molar-refractivity contribution >= 4 is 23.2 Å². The van der Waals surface area contributed by atoms with Crippen LogP contribution in [0.4, 0.5) is 4.79 Å². The first-order valence-electron chi connectivity index (χ1n) is 4.09. The first kappa shape index (κ1) is 10.6. The quantitative estimate of drug-likeness (QED) is 0.573. The fourth-order valence-corrected chi connectivity index (χ4v) is 1.52. The molecule has 0 bridgehead atoms. The average molecular weight is 214 g/mol. The van der Waals surface area contributed by atoms with E-state index < -0.39 is 6.09 Å². The molecule has 1 aromatic rings. The molecule has 0 aliphatic heterocycles. The Bertz CT molecular complexity index is 310. The SMILES string of the molecule is O=C(O)NCCCC(=O)c1nccs1. The topological polar surface area (TPSA) is 79.3 Å². The van der Waals surface area contributed by atoms with Crippen LogP contribution in [0.2, 0.25) is 0 Å². The minimum atomic E-state index is -1.06. The molecule has 0 aliphatic carbocycles. The monoisotopic (exact) mass is 214 g/mol. The number of aromatic nitrogens is 1. The summed E-state index contributed by atoms with van der Waals surface area (Å²) < 4.78 is 0. The van der Waals surface area contributed by atoms with E-state index in [-0.39, 0.29) is 5.78 Å². The van der Waals surface area contributed by atoms with E-state index in [2.05, 4.69) is 10.3 Å². The van der Waals surface area contributed by atoms with Crippen molar-refractivity contribution < 1.29 is 14.7 Å². The van der Waals surface area contributed by atoms with Gasteiger partial charge in [0.05, 0.1) is 0 Å². The molecule has 1 heterocycles. The van der Waals surface area contributed by atoms with Crippen molar-refractivity contribution in [3.05, 3.63) is 16.6 Å². The molecule has 6 heteroatoms. The van der Waals surface area contributed by atoms with Gasteiger partial charge in [0.2, 0.25) is 0 Å². The first-order chi connectivity index (χ1) is 6.70. The maximum Gasteiger partial charge on any atom is 0.404 e. The third-order valence-electron chi connectivity index (χ3n) is 1.53. The zero-order valence-electron chi connectivity index (χ0n) is 7.40. The third kappa shape index (κ3) is 3.53. The van der Waals surface area contributed by atoms with E-state index in [9.17, 15) is 9.59 Å². The van der Waals surface area contributed by atoms with Crippen LogP contribution in [0, 0.1) is 0 Å². The van der Waals surface area contributed by atoms with Gasteiger partial charge in [-0.1, -0.05) is 0 Å². The van der Waals surface area contributed by atoms with Crippen molar-refractivity contribution in [2.24, 2.45) is 0 Å². The van der Waals surface area contributed by atoms with Gasteiger partial charge < -0.3 is 10.4 Å². The molecule has 76 valence electrons.